The average molecular weight is 547 g/mol. The number of carbonyl (C=O) groups excluding carboxylic acids is 1. The summed E-state index contributed by atoms with van der Waals surface area (Å²) in [6.45, 7) is 5.90. The Balaban J connectivity index is 1.20. The number of nitrogens with one attached hydrogen (secondary N) is 2. The van der Waals surface area contributed by atoms with Crippen LogP contribution in [0.5, 0.6) is 0 Å². The molecule has 0 saturated carbocycles. The molecule has 2 aromatic carbocycles. The maximum atomic E-state index is 13.4. The average Bonchev–Trinajstić information content (AvgIpc) is 3.05. The smallest absolute Gasteiger partial charge is 0.270 e. The monoisotopic (exact) mass is 546 g/mol. The summed E-state index contributed by atoms with van der Waals surface area (Å²) >= 11 is 0. The van der Waals surface area contributed by atoms with Crippen LogP contribution in [0.2, 0.25) is 0 Å². The zero-order valence-electron chi connectivity index (χ0n) is 23.0. The highest BCUT2D eigenvalue weighted by molar-refractivity contribution is 6.06. The molecule has 0 radical (unpaired) electrons. The molecule has 9 heteroatoms. The zero-order chi connectivity index (χ0) is 28.0. The van der Waals surface area contributed by atoms with Gasteiger partial charge in [-0.2, -0.15) is 0 Å². The number of hydrogen-bond acceptors (Lipinski definition) is 6. The van der Waals surface area contributed by atoms with E-state index in [0.29, 0.717) is 12.2 Å². The van der Waals surface area contributed by atoms with Gasteiger partial charge in [-0.1, -0.05) is 54.6 Å². The van der Waals surface area contributed by atoms with Crippen LogP contribution in [0.1, 0.15) is 16.1 Å². The predicted molar refractivity (Wildman–Crippen MR) is 159 cm³/mol. The van der Waals surface area contributed by atoms with Gasteiger partial charge < -0.3 is 20.9 Å². The topological polar surface area (TPSA) is 116 Å². The molecule has 0 unspecified atom stereocenters. The Bertz CT molecular complexity index is 1620. The van der Waals surface area contributed by atoms with E-state index in [1.54, 1.807) is 18.6 Å². The van der Waals surface area contributed by atoms with Gasteiger partial charge in [-0.05, 0) is 23.8 Å². The summed E-state index contributed by atoms with van der Waals surface area (Å²) in [5.41, 5.74) is 10.2. The van der Waals surface area contributed by atoms with Gasteiger partial charge in [0.25, 0.3) is 5.91 Å². The van der Waals surface area contributed by atoms with Crippen molar-refractivity contribution in [3.63, 3.8) is 0 Å². The third-order valence-corrected chi connectivity index (χ3v) is 7.63. The zero-order valence-corrected chi connectivity index (χ0v) is 23.0. The van der Waals surface area contributed by atoms with Gasteiger partial charge in [-0.25, -0.2) is 15.0 Å². The van der Waals surface area contributed by atoms with E-state index < -0.39 is 0 Å². The lowest BCUT2D eigenvalue weighted by Gasteiger charge is -2.32. The molecule has 0 bridgehead atoms. The number of fused-ring (bicyclic) bond motifs is 1. The molecule has 0 atom stereocenters. The molecule has 1 amide bonds. The Morgan fingerprint density at radius 1 is 0.878 bits per heavy atom. The predicted octanol–water partition coefficient (Wildman–Crippen LogP) is 1.63. The SMILES string of the molecule is [NH3+]Cc1ccc(-c2nc3ccnc(C(=O)NCC[NH+]4CCN(c5ncccn5)CC4)c3cc2-c2ccccc2)cc1. The number of anilines is 1. The highest BCUT2D eigenvalue weighted by Gasteiger charge is 2.22. The number of aromatic nitrogens is 4. The quantitative estimate of drug-likeness (QED) is 0.273. The molecule has 4 heterocycles. The van der Waals surface area contributed by atoms with Crippen molar-refractivity contribution in [1.29, 1.82) is 0 Å². The summed E-state index contributed by atoms with van der Waals surface area (Å²) in [4.78, 5) is 35.3. The minimum atomic E-state index is -0.181. The number of carbonyl (C=O) groups is 1. The van der Waals surface area contributed by atoms with Crippen LogP contribution in [0.25, 0.3) is 33.3 Å². The van der Waals surface area contributed by atoms with Crippen molar-refractivity contribution in [2.45, 2.75) is 6.54 Å². The number of nitrogens with zero attached hydrogens (tertiary/aromatic N) is 5. The normalized spacial score (nSPS) is 13.8. The van der Waals surface area contributed by atoms with Crippen LogP contribution in [0.3, 0.4) is 0 Å². The van der Waals surface area contributed by atoms with Crippen molar-refractivity contribution in [1.82, 2.24) is 25.3 Å². The van der Waals surface area contributed by atoms with Crippen LogP contribution in [0, 0.1) is 0 Å². The Kier molecular flexibility index (Phi) is 7.88. The van der Waals surface area contributed by atoms with Gasteiger partial charge in [0.2, 0.25) is 5.95 Å². The standard InChI is InChI=1S/C32H32N8O/c33-22-23-7-9-25(10-8-23)29-26(24-5-2-1-3-6-24)21-27-28(38-29)11-14-34-30(27)31(41)35-15-16-39-17-19-40(20-18-39)32-36-12-4-13-37-32/h1-14,21H,15-20,22,33H2,(H,35,41)/p+2. The third kappa shape index (κ3) is 5.91. The van der Waals surface area contributed by atoms with Crippen LogP contribution >= 0.6 is 0 Å². The number of amides is 1. The molecule has 6 rings (SSSR count). The van der Waals surface area contributed by atoms with Gasteiger partial charge in [0.1, 0.15) is 5.69 Å². The van der Waals surface area contributed by atoms with E-state index in [4.69, 9.17) is 4.98 Å². The van der Waals surface area contributed by atoms with E-state index in [-0.39, 0.29) is 5.91 Å². The van der Waals surface area contributed by atoms with Crippen molar-refractivity contribution in [3.05, 3.63) is 103 Å². The second-order valence-electron chi connectivity index (χ2n) is 10.2. The number of rotatable bonds is 8. The summed E-state index contributed by atoms with van der Waals surface area (Å²) in [6.07, 6.45) is 5.22. The molecule has 1 aliphatic heterocycles. The highest BCUT2D eigenvalue weighted by atomic mass is 16.1. The maximum Gasteiger partial charge on any atom is 0.270 e. The minimum absolute atomic E-state index is 0.181. The Labute approximate surface area is 239 Å². The molecule has 9 nitrogen and oxygen atoms in total. The molecule has 1 aliphatic rings. The fraction of sp³-hybridized carbons (Fsp3) is 0.219. The largest absolute Gasteiger partial charge is 0.354 e. The van der Waals surface area contributed by atoms with E-state index in [0.717, 1.165) is 78.5 Å². The molecule has 1 fully saturated rings. The van der Waals surface area contributed by atoms with E-state index in [2.05, 4.69) is 73.4 Å². The highest BCUT2D eigenvalue weighted by Crippen LogP contribution is 2.34. The Morgan fingerprint density at radius 2 is 1.63 bits per heavy atom. The number of piperazine rings is 1. The third-order valence-electron chi connectivity index (χ3n) is 7.63. The van der Waals surface area contributed by atoms with Crippen LogP contribution < -0.4 is 20.9 Å². The maximum absolute atomic E-state index is 13.4. The summed E-state index contributed by atoms with van der Waals surface area (Å²) in [5.74, 6) is 0.600. The van der Waals surface area contributed by atoms with Gasteiger partial charge in [0, 0.05) is 40.7 Å². The van der Waals surface area contributed by atoms with E-state index in [9.17, 15) is 4.79 Å². The van der Waals surface area contributed by atoms with Gasteiger partial charge in [0.15, 0.2) is 0 Å². The summed E-state index contributed by atoms with van der Waals surface area (Å²) < 4.78 is 0. The lowest BCUT2D eigenvalue weighted by Crippen LogP contribution is -3.15. The summed E-state index contributed by atoms with van der Waals surface area (Å²) in [7, 11) is 0. The number of pyridine rings is 2. The molecule has 3 aromatic heterocycles. The van der Waals surface area contributed by atoms with Crippen molar-refractivity contribution in [3.8, 4) is 22.4 Å². The first-order valence-electron chi connectivity index (χ1n) is 14.1. The van der Waals surface area contributed by atoms with Gasteiger partial charge in [-0.15, -0.1) is 0 Å². The van der Waals surface area contributed by atoms with E-state index >= 15 is 0 Å². The molecule has 0 spiro atoms. The van der Waals surface area contributed by atoms with Crippen molar-refractivity contribution >= 4 is 22.8 Å². The first-order chi connectivity index (χ1) is 20.2. The summed E-state index contributed by atoms with van der Waals surface area (Å²) in [5, 5.41) is 3.85. The minimum Gasteiger partial charge on any atom is -0.354 e. The number of benzene rings is 2. The molecule has 206 valence electrons. The van der Waals surface area contributed by atoms with Crippen LogP contribution in [0.15, 0.2) is 91.4 Å². The first kappa shape index (κ1) is 26.5. The fourth-order valence-electron chi connectivity index (χ4n) is 5.33. The van der Waals surface area contributed by atoms with Gasteiger partial charge >= 0.3 is 0 Å². The van der Waals surface area contributed by atoms with Crippen molar-refractivity contribution < 1.29 is 15.4 Å². The first-order valence-corrected chi connectivity index (χ1v) is 14.1. The number of hydrogen-bond donors (Lipinski definition) is 3. The van der Waals surface area contributed by atoms with Gasteiger partial charge in [-0.3, -0.25) is 9.78 Å². The molecule has 41 heavy (non-hydrogen) atoms. The molecule has 0 aliphatic carbocycles. The number of quaternary nitrogens is 2. The second-order valence-corrected chi connectivity index (χ2v) is 10.2. The molecule has 5 aromatic rings. The second kappa shape index (κ2) is 12.2. The van der Waals surface area contributed by atoms with Crippen molar-refractivity contribution in [2.24, 2.45) is 0 Å². The molecule has 5 N–H and O–H groups in total. The molecular formula is C32H34N8O+2. The van der Waals surface area contributed by atoms with Gasteiger partial charge in [0.05, 0.1) is 57.0 Å². The lowest BCUT2D eigenvalue weighted by atomic mass is 9.96. The van der Waals surface area contributed by atoms with Crippen molar-refractivity contribution in [2.75, 3.05) is 44.2 Å². The van der Waals surface area contributed by atoms with Crippen LogP contribution in [-0.4, -0.2) is 65.1 Å². The van der Waals surface area contributed by atoms with Crippen LogP contribution in [-0.2, 0) is 6.54 Å². The summed E-state index contributed by atoms with van der Waals surface area (Å²) in [6, 6.07) is 24.3. The van der Waals surface area contributed by atoms with Crippen LogP contribution in [0.4, 0.5) is 5.95 Å². The van der Waals surface area contributed by atoms with E-state index in [1.807, 2.05) is 30.3 Å². The Morgan fingerprint density at radius 3 is 2.37 bits per heavy atom. The molecular weight excluding hydrogens is 512 g/mol. The fourth-order valence-corrected chi connectivity index (χ4v) is 5.33. The molecule has 1 saturated heterocycles. The Hall–Kier alpha value is -4.73. The van der Waals surface area contributed by atoms with E-state index in [1.165, 1.54) is 10.5 Å². The lowest BCUT2D eigenvalue weighted by molar-refractivity contribution is -0.899.